The number of hydrogen-bond donors (Lipinski definition) is 3. The van der Waals surface area contributed by atoms with Crippen molar-refractivity contribution in [2.45, 2.75) is 0 Å². The van der Waals surface area contributed by atoms with Crippen molar-refractivity contribution in [3.05, 3.63) is 57.0 Å². The smallest absolute Gasteiger partial charge is 0.255 e. The van der Waals surface area contributed by atoms with Crippen molar-refractivity contribution in [2.24, 2.45) is 5.73 Å². The molecule has 108 valence electrons. The van der Waals surface area contributed by atoms with Crippen molar-refractivity contribution >= 4 is 56.3 Å². The summed E-state index contributed by atoms with van der Waals surface area (Å²) in [4.78, 5) is 12.4. The molecule has 7 heteroatoms. The van der Waals surface area contributed by atoms with E-state index < -0.39 is 0 Å². The van der Waals surface area contributed by atoms with Gasteiger partial charge in [0.1, 0.15) is 10.7 Å². The zero-order valence-electron chi connectivity index (χ0n) is 10.6. The van der Waals surface area contributed by atoms with Crippen molar-refractivity contribution < 1.29 is 9.90 Å². The van der Waals surface area contributed by atoms with Gasteiger partial charge in [0.2, 0.25) is 0 Å². The summed E-state index contributed by atoms with van der Waals surface area (Å²) in [5.41, 5.74) is 7.00. The van der Waals surface area contributed by atoms with E-state index in [1.54, 1.807) is 18.2 Å². The summed E-state index contributed by atoms with van der Waals surface area (Å²) in [5.74, 6) is -0.466. The Morgan fingerprint density at radius 2 is 2.00 bits per heavy atom. The number of benzene rings is 2. The molecule has 2 rings (SSSR count). The molecule has 0 heterocycles. The first kappa shape index (κ1) is 15.8. The highest BCUT2D eigenvalue weighted by molar-refractivity contribution is 9.10. The molecular weight excluding hydrogens is 376 g/mol. The molecule has 0 atom stereocenters. The Morgan fingerprint density at radius 3 is 2.62 bits per heavy atom. The molecule has 0 bridgehead atoms. The van der Waals surface area contributed by atoms with Crippen LogP contribution >= 0.6 is 39.7 Å². The number of nitrogens with two attached hydrogens (primary N) is 1. The Hall–Kier alpha value is -1.63. The van der Waals surface area contributed by atoms with E-state index in [0.29, 0.717) is 16.8 Å². The van der Waals surface area contributed by atoms with Crippen LogP contribution in [0.3, 0.4) is 0 Å². The summed E-state index contributed by atoms with van der Waals surface area (Å²) < 4.78 is 0.779. The lowest BCUT2D eigenvalue weighted by molar-refractivity contribution is 0.102. The van der Waals surface area contributed by atoms with Crippen LogP contribution in [-0.2, 0) is 0 Å². The summed E-state index contributed by atoms with van der Waals surface area (Å²) in [6, 6.07) is 9.40. The van der Waals surface area contributed by atoms with Gasteiger partial charge >= 0.3 is 0 Å². The molecule has 0 aliphatic rings. The molecule has 4 nitrogen and oxygen atoms in total. The van der Waals surface area contributed by atoms with Gasteiger partial charge in [0.25, 0.3) is 5.91 Å². The largest absolute Gasteiger partial charge is 0.506 e. The highest BCUT2D eigenvalue weighted by Crippen LogP contribution is 2.25. The van der Waals surface area contributed by atoms with Crippen LogP contribution in [0, 0.1) is 0 Å². The van der Waals surface area contributed by atoms with E-state index >= 15 is 0 Å². The lowest BCUT2D eigenvalue weighted by Crippen LogP contribution is -2.17. The predicted octanol–water partition coefficient (Wildman–Crippen LogP) is 3.69. The van der Waals surface area contributed by atoms with Gasteiger partial charge in [-0.1, -0.05) is 39.7 Å². The molecule has 4 N–H and O–H groups in total. The van der Waals surface area contributed by atoms with E-state index in [1.165, 1.54) is 18.2 Å². The maximum atomic E-state index is 12.2. The lowest BCUT2D eigenvalue weighted by Gasteiger charge is -2.11. The van der Waals surface area contributed by atoms with Crippen LogP contribution in [0.25, 0.3) is 0 Å². The van der Waals surface area contributed by atoms with Gasteiger partial charge in [-0.15, -0.1) is 0 Å². The van der Waals surface area contributed by atoms with Crippen molar-refractivity contribution in [1.82, 2.24) is 0 Å². The van der Waals surface area contributed by atoms with Gasteiger partial charge in [0, 0.05) is 15.6 Å². The maximum Gasteiger partial charge on any atom is 0.255 e. The van der Waals surface area contributed by atoms with Gasteiger partial charge in [0.15, 0.2) is 0 Å². The Balaban J connectivity index is 2.33. The van der Waals surface area contributed by atoms with E-state index in [9.17, 15) is 9.90 Å². The number of halogens is 2. The van der Waals surface area contributed by atoms with Crippen LogP contribution in [0.15, 0.2) is 40.9 Å². The summed E-state index contributed by atoms with van der Waals surface area (Å²) in [6.45, 7) is 0. The molecule has 0 aromatic heterocycles. The Morgan fingerprint density at radius 1 is 1.29 bits per heavy atom. The standard InChI is InChI=1S/C14H10BrClN2O2S/c15-8-2-3-9(13(17)21)11(6-8)18-14(20)7-1-4-12(19)10(16)5-7/h1-6,19H,(H2,17,21)(H,18,20). The highest BCUT2D eigenvalue weighted by Gasteiger charge is 2.12. The fraction of sp³-hybridized carbons (Fsp3) is 0. The quantitative estimate of drug-likeness (QED) is 0.704. The van der Waals surface area contributed by atoms with Gasteiger partial charge < -0.3 is 16.2 Å². The average Bonchev–Trinajstić information content (AvgIpc) is 2.41. The second-order valence-corrected chi connectivity index (χ2v) is 5.94. The second kappa shape index (κ2) is 6.43. The number of anilines is 1. The van der Waals surface area contributed by atoms with Crippen molar-refractivity contribution in [3.63, 3.8) is 0 Å². The molecule has 0 unspecified atom stereocenters. The van der Waals surface area contributed by atoms with E-state index in [2.05, 4.69) is 21.2 Å². The topological polar surface area (TPSA) is 75.3 Å². The van der Waals surface area contributed by atoms with E-state index in [-0.39, 0.29) is 21.7 Å². The van der Waals surface area contributed by atoms with Crippen LogP contribution in [0.1, 0.15) is 15.9 Å². The number of carbonyl (C=O) groups excluding carboxylic acids is 1. The number of aromatic hydroxyl groups is 1. The van der Waals surface area contributed by atoms with Gasteiger partial charge in [0.05, 0.1) is 10.7 Å². The fourth-order valence-corrected chi connectivity index (χ4v) is 2.40. The third-order valence-electron chi connectivity index (χ3n) is 2.71. The monoisotopic (exact) mass is 384 g/mol. The molecule has 2 aromatic carbocycles. The van der Waals surface area contributed by atoms with Crippen molar-refractivity contribution in [3.8, 4) is 5.75 Å². The van der Waals surface area contributed by atoms with Crippen LogP contribution in [0.5, 0.6) is 5.75 Å². The average molecular weight is 386 g/mol. The Kier molecular flexibility index (Phi) is 4.82. The van der Waals surface area contributed by atoms with Gasteiger partial charge in [-0.2, -0.15) is 0 Å². The SMILES string of the molecule is NC(=S)c1ccc(Br)cc1NC(=O)c1ccc(O)c(Cl)c1. The number of phenols is 1. The van der Waals surface area contributed by atoms with Crippen LogP contribution < -0.4 is 11.1 Å². The summed E-state index contributed by atoms with van der Waals surface area (Å²) >= 11 is 14.1. The minimum absolute atomic E-state index is 0.0838. The molecule has 0 aliphatic heterocycles. The molecular formula is C14H10BrClN2O2S. The van der Waals surface area contributed by atoms with Crippen LogP contribution in [0.2, 0.25) is 5.02 Å². The van der Waals surface area contributed by atoms with E-state index in [1.807, 2.05) is 0 Å². The summed E-state index contributed by atoms with van der Waals surface area (Å²) in [7, 11) is 0. The minimum Gasteiger partial charge on any atom is -0.506 e. The zero-order chi connectivity index (χ0) is 15.6. The number of hydrogen-bond acceptors (Lipinski definition) is 3. The number of thiocarbonyl (C=S) groups is 1. The normalized spacial score (nSPS) is 10.2. The first-order valence-electron chi connectivity index (χ1n) is 5.77. The zero-order valence-corrected chi connectivity index (χ0v) is 13.7. The Labute approximate surface area is 140 Å². The number of rotatable bonds is 3. The van der Waals surface area contributed by atoms with E-state index in [0.717, 1.165) is 4.47 Å². The maximum absolute atomic E-state index is 12.2. The van der Waals surface area contributed by atoms with Crippen LogP contribution in [0.4, 0.5) is 5.69 Å². The Bertz CT molecular complexity index is 737. The third kappa shape index (κ3) is 3.72. The van der Waals surface area contributed by atoms with Crippen LogP contribution in [-0.4, -0.2) is 16.0 Å². The highest BCUT2D eigenvalue weighted by atomic mass is 79.9. The van der Waals surface area contributed by atoms with Gasteiger partial charge in [-0.3, -0.25) is 4.79 Å². The van der Waals surface area contributed by atoms with Crippen molar-refractivity contribution in [2.75, 3.05) is 5.32 Å². The van der Waals surface area contributed by atoms with Crippen molar-refractivity contribution in [1.29, 1.82) is 0 Å². The lowest BCUT2D eigenvalue weighted by atomic mass is 10.1. The molecule has 0 spiro atoms. The minimum atomic E-state index is -0.382. The molecule has 1 amide bonds. The van der Waals surface area contributed by atoms with Gasteiger partial charge in [-0.25, -0.2) is 0 Å². The molecule has 2 aromatic rings. The number of phenolic OH excluding ortho intramolecular Hbond substituents is 1. The first-order chi connectivity index (χ1) is 9.88. The molecule has 0 fully saturated rings. The molecule has 0 aliphatic carbocycles. The first-order valence-corrected chi connectivity index (χ1v) is 7.35. The number of amides is 1. The molecule has 0 saturated carbocycles. The second-order valence-electron chi connectivity index (χ2n) is 4.17. The fourth-order valence-electron chi connectivity index (χ4n) is 1.68. The number of carbonyl (C=O) groups is 1. The summed E-state index contributed by atoms with van der Waals surface area (Å²) in [5, 5.41) is 12.2. The summed E-state index contributed by atoms with van der Waals surface area (Å²) in [6.07, 6.45) is 0. The van der Waals surface area contributed by atoms with E-state index in [4.69, 9.17) is 29.6 Å². The number of nitrogens with one attached hydrogen (secondary N) is 1. The molecule has 21 heavy (non-hydrogen) atoms. The van der Waals surface area contributed by atoms with Gasteiger partial charge in [-0.05, 0) is 36.4 Å². The predicted molar refractivity (Wildman–Crippen MR) is 91.1 cm³/mol. The molecule has 0 radical (unpaired) electrons. The molecule has 0 saturated heterocycles. The third-order valence-corrected chi connectivity index (χ3v) is 3.72.